The lowest BCUT2D eigenvalue weighted by Gasteiger charge is -2.10. The van der Waals surface area contributed by atoms with Gasteiger partial charge < -0.3 is 9.13 Å². The molecule has 0 atom stereocenters. The van der Waals surface area contributed by atoms with Gasteiger partial charge in [0.15, 0.2) is 0 Å². The standard InChI is InChI=1S/C36H22N2S/c1-2-10-23(11-3-1)37-31-15-7-4-12-25(31)28-21-29-26-13-5-8-16-32(26)38(34(29)22-33(28)37)24-18-19-36-30(20-24)27-14-6-9-17-35(27)39-36/h1-22H. The summed E-state index contributed by atoms with van der Waals surface area (Å²) in [5.41, 5.74) is 7.28. The van der Waals surface area contributed by atoms with Gasteiger partial charge >= 0.3 is 0 Å². The molecule has 0 aliphatic heterocycles. The van der Waals surface area contributed by atoms with Crippen molar-refractivity contribution >= 4 is 75.1 Å². The summed E-state index contributed by atoms with van der Waals surface area (Å²) in [7, 11) is 0. The Hall–Kier alpha value is -4.86. The van der Waals surface area contributed by atoms with Crippen LogP contribution in [0.3, 0.4) is 0 Å². The Morgan fingerprint density at radius 1 is 0.333 bits per heavy atom. The van der Waals surface area contributed by atoms with Crippen molar-refractivity contribution in [3.05, 3.63) is 133 Å². The molecule has 0 N–H and O–H groups in total. The predicted octanol–water partition coefficient (Wildman–Crippen LogP) is 10.2. The highest BCUT2D eigenvalue weighted by Gasteiger charge is 2.18. The third-order valence-electron chi connectivity index (χ3n) is 8.10. The average Bonchev–Trinajstić information content (AvgIpc) is 3.63. The molecule has 2 nitrogen and oxygen atoms in total. The molecule has 0 bridgehead atoms. The van der Waals surface area contributed by atoms with E-state index < -0.39 is 0 Å². The van der Waals surface area contributed by atoms with Gasteiger partial charge in [-0.3, -0.25) is 0 Å². The zero-order valence-corrected chi connectivity index (χ0v) is 21.8. The number of rotatable bonds is 2. The molecule has 0 radical (unpaired) electrons. The average molecular weight is 515 g/mol. The molecule has 0 fully saturated rings. The molecule has 182 valence electrons. The van der Waals surface area contributed by atoms with Crippen molar-refractivity contribution in [3.8, 4) is 11.4 Å². The van der Waals surface area contributed by atoms with Gasteiger partial charge in [0.2, 0.25) is 0 Å². The molecule has 0 aliphatic carbocycles. The second kappa shape index (κ2) is 7.83. The van der Waals surface area contributed by atoms with E-state index in [1.165, 1.54) is 75.2 Å². The molecule has 0 saturated carbocycles. The van der Waals surface area contributed by atoms with E-state index in [0.29, 0.717) is 0 Å². The molecular formula is C36H22N2S. The Morgan fingerprint density at radius 2 is 0.897 bits per heavy atom. The number of hydrogen-bond donors (Lipinski definition) is 0. The van der Waals surface area contributed by atoms with Crippen LogP contribution in [0, 0.1) is 0 Å². The summed E-state index contributed by atoms with van der Waals surface area (Å²) >= 11 is 1.87. The molecule has 39 heavy (non-hydrogen) atoms. The first-order valence-electron chi connectivity index (χ1n) is 13.3. The summed E-state index contributed by atoms with van der Waals surface area (Å²) in [6.07, 6.45) is 0. The van der Waals surface area contributed by atoms with Crippen molar-refractivity contribution in [2.45, 2.75) is 0 Å². The number of thiophene rings is 1. The van der Waals surface area contributed by atoms with Gasteiger partial charge in [-0.15, -0.1) is 11.3 Å². The highest BCUT2D eigenvalue weighted by Crippen LogP contribution is 2.41. The van der Waals surface area contributed by atoms with Crippen LogP contribution in [-0.4, -0.2) is 9.13 Å². The fourth-order valence-electron chi connectivity index (χ4n) is 6.42. The van der Waals surface area contributed by atoms with Gasteiger partial charge in [-0.1, -0.05) is 72.8 Å². The van der Waals surface area contributed by atoms with Gasteiger partial charge in [-0.05, 0) is 60.7 Å². The largest absolute Gasteiger partial charge is 0.309 e. The van der Waals surface area contributed by atoms with E-state index in [1.807, 2.05) is 11.3 Å². The molecule has 3 heterocycles. The van der Waals surface area contributed by atoms with E-state index in [2.05, 4.69) is 143 Å². The van der Waals surface area contributed by atoms with Crippen LogP contribution in [0.4, 0.5) is 0 Å². The first kappa shape index (κ1) is 21.1. The third-order valence-corrected chi connectivity index (χ3v) is 9.25. The summed E-state index contributed by atoms with van der Waals surface area (Å²) in [4.78, 5) is 0. The molecule has 0 spiro atoms. The van der Waals surface area contributed by atoms with Crippen LogP contribution < -0.4 is 0 Å². The summed E-state index contributed by atoms with van der Waals surface area (Å²) < 4.78 is 7.51. The molecule has 6 aromatic carbocycles. The molecule has 0 unspecified atom stereocenters. The number of para-hydroxylation sites is 3. The van der Waals surface area contributed by atoms with E-state index in [9.17, 15) is 0 Å². The summed E-state index contributed by atoms with van der Waals surface area (Å²) in [5.74, 6) is 0. The van der Waals surface area contributed by atoms with Crippen molar-refractivity contribution in [3.63, 3.8) is 0 Å². The van der Waals surface area contributed by atoms with Crippen LogP contribution in [0.25, 0.3) is 75.2 Å². The Labute approximate surface area is 228 Å². The molecular weight excluding hydrogens is 492 g/mol. The van der Waals surface area contributed by atoms with E-state index in [1.54, 1.807) is 0 Å². The van der Waals surface area contributed by atoms with Crippen molar-refractivity contribution in [1.29, 1.82) is 0 Å². The van der Waals surface area contributed by atoms with Gasteiger partial charge in [-0.25, -0.2) is 0 Å². The quantitative estimate of drug-likeness (QED) is 0.217. The van der Waals surface area contributed by atoms with Crippen molar-refractivity contribution in [1.82, 2.24) is 9.13 Å². The van der Waals surface area contributed by atoms with Gasteiger partial charge in [0.1, 0.15) is 0 Å². The maximum absolute atomic E-state index is 2.45. The molecule has 9 rings (SSSR count). The summed E-state index contributed by atoms with van der Waals surface area (Å²) in [5, 5.41) is 7.76. The minimum atomic E-state index is 1.18. The smallest absolute Gasteiger partial charge is 0.0562 e. The monoisotopic (exact) mass is 514 g/mol. The fourth-order valence-corrected chi connectivity index (χ4v) is 7.50. The lowest BCUT2D eigenvalue weighted by Crippen LogP contribution is -1.95. The van der Waals surface area contributed by atoms with Gasteiger partial charge in [0, 0.05) is 53.1 Å². The van der Waals surface area contributed by atoms with Crippen molar-refractivity contribution in [2.24, 2.45) is 0 Å². The number of aromatic nitrogens is 2. The molecule has 3 heteroatoms. The Bertz CT molecular complexity index is 2390. The SMILES string of the molecule is c1ccc(-n2c3ccccc3c3cc4c5ccccc5n(-c5ccc6sc7ccccc7c6c5)c4cc32)cc1. The Kier molecular flexibility index (Phi) is 4.24. The zero-order chi connectivity index (χ0) is 25.5. The van der Waals surface area contributed by atoms with E-state index >= 15 is 0 Å². The molecule has 3 aromatic heterocycles. The van der Waals surface area contributed by atoms with Crippen LogP contribution >= 0.6 is 11.3 Å². The Morgan fingerprint density at radius 3 is 1.62 bits per heavy atom. The summed E-state index contributed by atoms with van der Waals surface area (Å²) in [6, 6.07) is 48.7. The van der Waals surface area contributed by atoms with Crippen LogP contribution in [0.5, 0.6) is 0 Å². The number of hydrogen-bond acceptors (Lipinski definition) is 1. The van der Waals surface area contributed by atoms with E-state index in [4.69, 9.17) is 0 Å². The van der Waals surface area contributed by atoms with Gasteiger partial charge in [0.05, 0.1) is 22.1 Å². The predicted molar refractivity (Wildman–Crippen MR) is 168 cm³/mol. The maximum atomic E-state index is 2.45. The molecule has 0 aliphatic rings. The first-order valence-corrected chi connectivity index (χ1v) is 14.1. The Balaban J connectivity index is 1.44. The second-order valence-electron chi connectivity index (χ2n) is 10.2. The first-order chi connectivity index (χ1) is 19.3. The van der Waals surface area contributed by atoms with E-state index in [0.717, 1.165) is 0 Å². The number of benzene rings is 6. The highest BCUT2D eigenvalue weighted by molar-refractivity contribution is 7.25. The molecule has 9 aromatic rings. The third kappa shape index (κ3) is 2.91. The zero-order valence-electron chi connectivity index (χ0n) is 21.0. The van der Waals surface area contributed by atoms with Crippen LogP contribution in [0.1, 0.15) is 0 Å². The summed E-state index contributed by atoms with van der Waals surface area (Å²) in [6.45, 7) is 0. The molecule has 0 saturated heterocycles. The minimum Gasteiger partial charge on any atom is -0.309 e. The second-order valence-corrected chi connectivity index (χ2v) is 11.3. The normalized spacial score (nSPS) is 12.1. The lowest BCUT2D eigenvalue weighted by molar-refractivity contribution is 1.17. The number of fused-ring (bicyclic) bond motifs is 9. The van der Waals surface area contributed by atoms with Crippen LogP contribution in [0.2, 0.25) is 0 Å². The van der Waals surface area contributed by atoms with Crippen LogP contribution in [-0.2, 0) is 0 Å². The lowest BCUT2D eigenvalue weighted by atomic mass is 10.1. The molecule has 0 amide bonds. The topological polar surface area (TPSA) is 9.86 Å². The number of nitrogens with zero attached hydrogens (tertiary/aromatic N) is 2. The van der Waals surface area contributed by atoms with Gasteiger partial charge in [0.25, 0.3) is 0 Å². The fraction of sp³-hybridized carbons (Fsp3) is 0. The van der Waals surface area contributed by atoms with E-state index in [-0.39, 0.29) is 0 Å². The minimum absolute atomic E-state index is 1.18. The van der Waals surface area contributed by atoms with Crippen molar-refractivity contribution in [2.75, 3.05) is 0 Å². The van der Waals surface area contributed by atoms with Crippen LogP contribution in [0.15, 0.2) is 133 Å². The van der Waals surface area contributed by atoms with Gasteiger partial charge in [-0.2, -0.15) is 0 Å². The maximum Gasteiger partial charge on any atom is 0.0562 e. The van der Waals surface area contributed by atoms with Crippen molar-refractivity contribution < 1.29 is 0 Å². The highest BCUT2D eigenvalue weighted by atomic mass is 32.1.